The van der Waals surface area contributed by atoms with Crippen molar-refractivity contribution < 1.29 is 9.90 Å². The van der Waals surface area contributed by atoms with Crippen molar-refractivity contribution in [2.75, 3.05) is 13.2 Å². The maximum atomic E-state index is 11.5. The predicted molar refractivity (Wildman–Crippen MR) is 64.4 cm³/mol. The summed E-state index contributed by atoms with van der Waals surface area (Å²) in [7, 11) is 0. The van der Waals surface area contributed by atoms with Gasteiger partial charge in [-0.15, -0.1) is 0 Å². The van der Waals surface area contributed by atoms with Crippen molar-refractivity contribution in [3.63, 3.8) is 0 Å². The Morgan fingerprint density at radius 1 is 1.31 bits per heavy atom. The van der Waals surface area contributed by atoms with Crippen LogP contribution in [-0.4, -0.2) is 24.2 Å². The summed E-state index contributed by atoms with van der Waals surface area (Å²) in [6.45, 7) is 4.60. The largest absolute Gasteiger partial charge is 0.395 e. The molecule has 0 atom stereocenters. The third-order valence-electron chi connectivity index (χ3n) is 2.26. The van der Waals surface area contributed by atoms with Crippen LogP contribution in [0, 0.1) is 5.92 Å². The highest BCUT2D eigenvalue weighted by molar-refractivity contribution is 5.94. The van der Waals surface area contributed by atoms with E-state index in [1.165, 1.54) is 5.56 Å². The zero-order valence-corrected chi connectivity index (χ0v) is 9.86. The van der Waals surface area contributed by atoms with E-state index in [1.54, 1.807) is 0 Å². The van der Waals surface area contributed by atoms with Gasteiger partial charge in [0.1, 0.15) is 0 Å². The molecule has 0 spiro atoms. The van der Waals surface area contributed by atoms with Gasteiger partial charge < -0.3 is 10.4 Å². The molecule has 16 heavy (non-hydrogen) atoms. The maximum absolute atomic E-state index is 11.5. The fourth-order valence-corrected chi connectivity index (χ4v) is 1.54. The Kier molecular flexibility index (Phi) is 4.99. The zero-order chi connectivity index (χ0) is 12.0. The van der Waals surface area contributed by atoms with Crippen molar-refractivity contribution in [1.82, 2.24) is 5.32 Å². The van der Waals surface area contributed by atoms with E-state index in [2.05, 4.69) is 19.2 Å². The van der Waals surface area contributed by atoms with E-state index in [0.717, 1.165) is 6.42 Å². The number of hydrogen-bond donors (Lipinski definition) is 2. The van der Waals surface area contributed by atoms with Crippen LogP contribution in [0.1, 0.15) is 29.8 Å². The quantitative estimate of drug-likeness (QED) is 0.793. The van der Waals surface area contributed by atoms with Crippen LogP contribution in [0.3, 0.4) is 0 Å². The molecule has 0 aliphatic carbocycles. The van der Waals surface area contributed by atoms with Crippen LogP contribution in [0.25, 0.3) is 0 Å². The highest BCUT2D eigenvalue weighted by atomic mass is 16.3. The molecule has 0 aliphatic rings. The molecule has 0 aromatic heterocycles. The first-order valence-electron chi connectivity index (χ1n) is 5.61. The maximum Gasteiger partial charge on any atom is 0.251 e. The second-order valence-electron chi connectivity index (χ2n) is 4.27. The molecule has 88 valence electrons. The van der Waals surface area contributed by atoms with E-state index in [0.29, 0.717) is 18.0 Å². The molecule has 0 aliphatic heterocycles. The zero-order valence-electron chi connectivity index (χ0n) is 9.86. The van der Waals surface area contributed by atoms with E-state index in [1.807, 2.05) is 24.3 Å². The summed E-state index contributed by atoms with van der Waals surface area (Å²) in [6, 6.07) is 7.61. The Labute approximate surface area is 96.5 Å². The molecule has 3 heteroatoms. The van der Waals surface area contributed by atoms with Crippen molar-refractivity contribution in [2.45, 2.75) is 20.3 Å². The fraction of sp³-hybridized carbons (Fsp3) is 0.462. The molecule has 0 unspecified atom stereocenters. The topological polar surface area (TPSA) is 49.3 Å². The van der Waals surface area contributed by atoms with E-state index >= 15 is 0 Å². The SMILES string of the molecule is CC(C)Cc1ccc(C(=O)NCCO)cc1. The Morgan fingerprint density at radius 2 is 1.94 bits per heavy atom. The van der Waals surface area contributed by atoms with Crippen LogP contribution >= 0.6 is 0 Å². The summed E-state index contributed by atoms with van der Waals surface area (Å²) in [5, 5.41) is 11.2. The lowest BCUT2D eigenvalue weighted by Gasteiger charge is -2.06. The number of carbonyl (C=O) groups is 1. The summed E-state index contributed by atoms with van der Waals surface area (Å²) in [5.74, 6) is 0.485. The van der Waals surface area contributed by atoms with Crippen LogP contribution in [0.4, 0.5) is 0 Å². The van der Waals surface area contributed by atoms with Gasteiger partial charge >= 0.3 is 0 Å². The third kappa shape index (κ3) is 4.03. The molecule has 1 aromatic rings. The summed E-state index contributed by atoms with van der Waals surface area (Å²) >= 11 is 0. The molecule has 0 bridgehead atoms. The summed E-state index contributed by atoms with van der Waals surface area (Å²) in [5.41, 5.74) is 1.88. The fourth-order valence-electron chi connectivity index (χ4n) is 1.54. The lowest BCUT2D eigenvalue weighted by atomic mass is 10.0. The van der Waals surface area contributed by atoms with Crippen LogP contribution in [-0.2, 0) is 6.42 Å². The van der Waals surface area contributed by atoms with Gasteiger partial charge in [0.05, 0.1) is 6.61 Å². The number of aliphatic hydroxyl groups is 1. The standard InChI is InChI=1S/C13H19NO2/c1-10(2)9-11-3-5-12(6-4-11)13(16)14-7-8-15/h3-6,10,15H,7-9H2,1-2H3,(H,14,16). The van der Waals surface area contributed by atoms with Gasteiger partial charge in [-0.05, 0) is 30.0 Å². The van der Waals surface area contributed by atoms with Crippen molar-refractivity contribution in [3.8, 4) is 0 Å². The molecule has 0 saturated carbocycles. The molecular weight excluding hydrogens is 202 g/mol. The summed E-state index contributed by atoms with van der Waals surface area (Å²) in [6.07, 6.45) is 1.03. The minimum Gasteiger partial charge on any atom is -0.395 e. The van der Waals surface area contributed by atoms with Crippen LogP contribution < -0.4 is 5.32 Å². The van der Waals surface area contributed by atoms with Crippen molar-refractivity contribution in [1.29, 1.82) is 0 Å². The smallest absolute Gasteiger partial charge is 0.251 e. The normalized spacial score (nSPS) is 10.5. The highest BCUT2D eigenvalue weighted by Gasteiger charge is 2.04. The van der Waals surface area contributed by atoms with Crippen molar-refractivity contribution in [3.05, 3.63) is 35.4 Å². The van der Waals surface area contributed by atoms with Gasteiger partial charge in [-0.3, -0.25) is 4.79 Å². The van der Waals surface area contributed by atoms with Gasteiger partial charge in [0.25, 0.3) is 5.91 Å². The van der Waals surface area contributed by atoms with Crippen molar-refractivity contribution in [2.24, 2.45) is 5.92 Å². The number of carbonyl (C=O) groups excluding carboxylic acids is 1. The Balaban J connectivity index is 2.60. The number of rotatable bonds is 5. The Bertz CT molecular complexity index is 330. The molecule has 1 aromatic carbocycles. The summed E-state index contributed by atoms with van der Waals surface area (Å²) in [4.78, 5) is 11.5. The molecule has 0 radical (unpaired) electrons. The van der Waals surface area contributed by atoms with Gasteiger partial charge in [-0.2, -0.15) is 0 Å². The summed E-state index contributed by atoms with van der Waals surface area (Å²) < 4.78 is 0. The second kappa shape index (κ2) is 6.28. The van der Waals surface area contributed by atoms with Crippen LogP contribution in [0.15, 0.2) is 24.3 Å². The van der Waals surface area contributed by atoms with Gasteiger partial charge in [0.2, 0.25) is 0 Å². The predicted octanol–water partition coefficient (Wildman–Crippen LogP) is 1.61. The van der Waals surface area contributed by atoms with Crippen LogP contribution in [0.2, 0.25) is 0 Å². The lowest BCUT2D eigenvalue weighted by Crippen LogP contribution is -2.26. The molecule has 0 fully saturated rings. The number of nitrogens with one attached hydrogen (secondary N) is 1. The Hall–Kier alpha value is -1.35. The number of hydrogen-bond acceptors (Lipinski definition) is 2. The average Bonchev–Trinajstić information content (AvgIpc) is 2.26. The first-order valence-corrected chi connectivity index (χ1v) is 5.61. The van der Waals surface area contributed by atoms with E-state index in [-0.39, 0.29) is 12.5 Å². The molecule has 1 rings (SSSR count). The monoisotopic (exact) mass is 221 g/mol. The first kappa shape index (κ1) is 12.7. The van der Waals surface area contributed by atoms with Crippen LogP contribution in [0.5, 0.6) is 0 Å². The minimum atomic E-state index is -0.134. The van der Waals surface area contributed by atoms with Gasteiger partial charge in [-0.25, -0.2) is 0 Å². The lowest BCUT2D eigenvalue weighted by molar-refractivity contribution is 0.0945. The molecule has 3 nitrogen and oxygen atoms in total. The molecular formula is C13H19NO2. The molecule has 0 saturated heterocycles. The van der Waals surface area contributed by atoms with E-state index < -0.39 is 0 Å². The van der Waals surface area contributed by atoms with Gasteiger partial charge in [0, 0.05) is 12.1 Å². The van der Waals surface area contributed by atoms with E-state index in [4.69, 9.17) is 5.11 Å². The molecule has 1 amide bonds. The molecule has 0 heterocycles. The second-order valence-corrected chi connectivity index (χ2v) is 4.27. The van der Waals surface area contributed by atoms with Gasteiger partial charge in [-0.1, -0.05) is 26.0 Å². The highest BCUT2D eigenvalue weighted by Crippen LogP contribution is 2.09. The Morgan fingerprint density at radius 3 is 2.44 bits per heavy atom. The third-order valence-corrected chi connectivity index (χ3v) is 2.26. The average molecular weight is 221 g/mol. The van der Waals surface area contributed by atoms with Crippen molar-refractivity contribution >= 4 is 5.91 Å². The first-order chi connectivity index (χ1) is 7.63. The number of amides is 1. The minimum absolute atomic E-state index is 0.0306. The number of aliphatic hydroxyl groups excluding tert-OH is 1. The molecule has 2 N–H and O–H groups in total. The number of benzene rings is 1. The van der Waals surface area contributed by atoms with E-state index in [9.17, 15) is 4.79 Å². The van der Waals surface area contributed by atoms with Gasteiger partial charge in [0.15, 0.2) is 0 Å².